The Labute approximate surface area is 265 Å². The number of carboxylic acid groups (broad SMARTS) is 2. The molecule has 2 heterocycles. The van der Waals surface area contributed by atoms with Crippen molar-refractivity contribution in [3.8, 4) is 23.7 Å². The number of unbranched alkanes of at least 4 members (excludes halogenated alkanes) is 2. The summed E-state index contributed by atoms with van der Waals surface area (Å²) in [5.74, 6) is 8.99. The predicted octanol–water partition coefficient (Wildman–Crippen LogP) is 1.43. The molecule has 0 unspecified atom stereocenters. The maximum Gasteiger partial charge on any atom is 0.0882 e. The first-order chi connectivity index (χ1) is 21.5. The highest BCUT2D eigenvalue weighted by atomic mass is 16.4. The summed E-state index contributed by atoms with van der Waals surface area (Å²) in [6, 6.07) is 21.4. The van der Waals surface area contributed by atoms with E-state index in [1.165, 1.54) is 102 Å². The number of quaternary nitrogens is 2. The number of likely N-dealkylation sites (tertiary alicyclic amines) is 2. The lowest BCUT2D eigenvalue weighted by Crippen LogP contribution is -3.12. The quantitative estimate of drug-likeness (QED) is 0.246. The molecule has 2 aliphatic heterocycles. The van der Waals surface area contributed by atoms with Crippen molar-refractivity contribution in [1.82, 2.24) is 0 Å². The van der Waals surface area contributed by atoms with Crippen LogP contribution in [-0.2, 0) is 22.4 Å². The van der Waals surface area contributed by atoms with Gasteiger partial charge in [0.05, 0.1) is 64.0 Å². The SMILES string of the molecule is C(#CCC[NH+]1CCCCC1)CCCc1ccccc1.C(#CCC[NH+]1CCCCC1)CCCc1ccccc1.O=C([O-])C(=O)[O-]. The number of carbonyl (C=O) groups is 2. The minimum Gasteiger partial charge on any atom is -0.543 e. The molecule has 2 N–H and O–H groups in total. The standard InChI is InChI=1S/2C18H25N.C2H2O4/c2*1(2-6-12-18-13-7-4-8-14-18)3-9-15-19-16-10-5-11-17-19;3-1(4)2(5)6/h2*4,7-8,13-14H,2,5-6,9-12,15-17H2;(H,3,4)(H,5,6). The van der Waals surface area contributed by atoms with Crippen LogP contribution in [0.25, 0.3) is 0 Å². The lowest BCUT2D eigenvalue weighted by Gasteiger charge is -2.22. The first-order valence-corrected chi connectivity index (χ1v) is 16.6. The first-order valence-electron chi connectivity index (χ1n) is 16.6. The zero-order valence-electron chi connectivity index (χ0n) is 26.5. The van der Waals surface area contributed by atoms with Crippen LogP contribution in [0.4, 0.5) is 0 Å². The first kappa shape index (κ1) is 36.6. The van der Waals surface area contributed by atoms with Crippen molar-refractivity contribution in [2.24, 2.45) is 0 Å². The summed E-state index contributed by atoms with van der Waals surface area (Å²) in [7, 11) is 0. The van der Waals surface area contributed by atoms with Crippen molar-refractivity contribution in [1.29, 1.82) is 0 Å². The van der Waals surface area contributed by atoms with Crippen LogP contribution in [0.2, 0.25) is 0 Å². The number of carbonyl (C=O) groups excluding carboxylic acids is 2. The number of aryl methyl sites for hydroxylation is 2. The molecule has 0 radical (unpaired) electrons. The van der Waals surface area contributed by atoms with Crippen LogP contribution >= 0.6 is 0 Å². The number of hydrogen-bond donors (Lipinski definition) is 2. The van der Waals surface area contributed by atoms with E-state index in [4.69, 9.17) is 19.8 Å². The molecule has 2 fully saturated rings. The second-order valence-electron chi connectivity index (χ2n) is 11.6. The van der Waals surface area contributed by atoms with Gasteiger partial charge in [-0.1, -0.05) is 72.5 Å². The van der Waals surface area contributed by atoms with Gasteiger partial charge in [-0.3, -0.25) is 0 Å². The van der Waals surface area contributed by atoms with Crippen molar-refractivity contribution in [3.05, 3.63) is 71.8 Å². The summed E-state index contributed by atoms with van der Waals surface area (Å²) < 4.78 is 0. The molecule has 0 spiro atoms. The molecule has 2 aromatic carbocycles. The molecule has 2 aliphatic rings. The van der Waals surface area contributed by atoms with Crippen LogP contribution in [0.3, 0.4) is 0 Å². The van der Waals surface area contributed by atoms with Crippen LogP contribution < -0.4 is 20.0 Å². The fraction of sp³-hybridized carbons (Fsp3) is 0.526. The molecule has 0 aliphatic carbocycles. The summed E-state index contributed by atoms with van der Waals surface area (Å²) >= 11 is 0. The van der Waals surface area contributed by atoms with E-state index in [1.54, 1.807) is 9.80 Å². The number of carboxylic acids is 2. The average molecular weight is 601 g/mol. The number of piperidine rings is 2. The molecule has 0 saturated carbocycles. The van der Waals surface area contributed by atoms with E-state index in [2.05, 4.69) is 84.3 Å². The molecule has 0 bridgehead atoms. The zero-order valence-corrected chi connectivity index (χ0v) is 26.5. The predicted molar refractivity (Wildman–Crippen MR) is 172 cm³/mol. The van der Waals surface area contributed by atoms with Gasteiger partial charge in [0.2, 0.25) is 0 Å². The van der Waals surface area contributed by atoms with Gasteiger partial charge in [0.25, 0.3) is 0 Å². The van der Waals surface area contributed by atoms with E-state index >= 15 is 0 Å². The molecule has 44 heavy (non-hydrogen) atoms. The molecule has 2 saturated heterocycles. The van der Waals surface area contributed by atoms with E-state index in [0.717, 1.165) is 38.5 Å². The van der Waals surface area contributed by atoms with Gasteiger partial charge in [-0.15, -0.1) is 11.8 Å². The fourth-order valence-corrected chi connectivity index (χ4v) is 5.49. The van der Waals surface area contributed by atoms with E-state index in [0.29, 0.717) is 0 Å². The maximum absolute atomic E-state index is 8.93. The van der Waals surface area contributed by atoms with Crippen molar-refractivity contribution < 1.29 is 29.6 Å². The zero-order chi connectivity index (χ0) is 31.5. The van der Waals surface area contributed by atoms with Gasteiger partial charge in [0.1, 0.15) is 0 Å². The van der Waals surface area contributed by atoms with E-state index in [1.807, 2.05) is 0 Å². The molecule has 6 nitrogen and oxygen atoms in total. The van der Waals surface area contributed by atoms with Gasteiger partial charge in [-0.25, -0.2) is 0 Å². The second-order valence-corrected chi connectivity index (χ2v) is 11.6. The monoisotopic (exact) mass is 600 g/mol. The Morgan fingerprint density at radius 2 is 0.864 bits per heavy atom. The summed E-state index contributed by atoms with van der Waals surface area (Å²) in [6.07, 6.45) is 17.5. The van der Waals surface area contributed by atoms with Gasteiger partial charge >= 0.3 is 0 Å². The topological polar surface area (TPSA) is 89.1 Å². The van der Waals surface area contributed by atoms with Crippen molar-refractivity contribution in [2.45, 2.75) is 89.9 Å². The van der Waals surface area contributed by atoms with E-state index in [9.17, 15) is 0 Å². The molecular weight excluding hydrogens is 548 g/mol. The Hall–Kier alpha value is -3.58. The molecule has 4 rings (SSSR count). The molecule has 238 valence electrons. The highest BCUT2D eigenvalue weighted by Gasteiger charge is 2.12. The van der Waals surface area contributed by atoms with Crippen LogP contribution in [0.1, 0.15) is 88.2 Å². The minimum atomic E-state index is -2.19. The summed E-state index contributed by atoms with van der Waals surface area (Å²) in [6.45, 7) is 7.99. The van der Waals surface area contributed by atoms with E-state index < -0.39 is 11.9 Å². The lowest BCUT2D eigenvalue weighted by atomic mass is 10.1. The fourth-order valence-electron chi connectivity index (χ4n) is 5.49. The summed E-state index contributed by atoms with van der Waals surface area (Å²) in [4.78, 5) is 21.4. The molecule has 6 heteroatoms. The van der Waals surface area contributed by atoms with Crippen LogP contribution in [0, 0.1) is 23.7 Å². The number of benzene rings is 2. The third kappa shape index (κ3) is 19.6. The Bertz CT molecular complexity index is 1060. The molecule has 0 aromatic heterocycles. The van der Waals surface area contributed by atoms with Crippen molar-refractivity contribution in [3.63, 3.8) is 0 Å². The summed E-state index contributed by atoms with van der Waals surface area (Å²) in [5.41, 5.74) is 2.86. The Morgan fingerprint density at radius 3 is 1.20 bits per heavy atom. The van der Waals surface area contributed by atoms with Gasteiger partial charge in [-0.2, -0.15) is 0 Å². The van der Waals surface area contributed by atoms with Crippen molar-refractivity contribution >= 4 is 11.9 Å². The maximum atomic E-state index is 8.93. The number of nitrogens with one attached hydrogen (secondary N) is 2. The van der Waals surface area contributed by atoms with Gasteiger partial charge in [0, 0.05) is 12.8 Å². The van der Waals surface area contributed by atoms with Gasteiger partial charge < -0.3 is 29.6 Å². The lowest BCUT2D eigenvalue weighted by molar-refractivity contribution is -0.904. The third-order valence-electron chi connectivity index (χ3n) is 7.97. The normalized spacial score (nSPS) is 14.6. The minimum absolute atomic E-state index is 1.05. The van der Waals surface area contributed by atoms with Crippen LogP contribution in [0.15, 0.2) is 60.7 Å². The Morgan fingerprint density at radius 1 is 0.523 bits per heavy atom. The molecule has 0 atom stereocenters. The van der Waals surface area contributed by atoms with E-state index in [-0.39, 0.29) is 0 Å². The number of hydrogen-bond acceptors (Lipinski definition) is 4. The average Bonchev–Trinajstić information content (AvgIpc) is 3.06. The van der Waals surface area contributed by atoms with Gasteiger partial charge in [-0.05, 0) is 75.3 Å². The largest absolute Gasteiger partial charge is 0.543 e. The molecule has 2 aromatic rings. The van der Waals surface area contributed by atoms with Crippen LogP contribution in [0.5, 0.6) is 0 Å². The number of rotatable bonds is 10. The molecule has 0 amide bonds. The third-order valence-corrected chi connectivity index (χ3v) is 7.97. The van der Waals surface area contributed by atoms with Crippen LogP contribution in [-0.4, -0.2) is 51.2 Å². The Balaban J connectivity index is 0.000000260. The smallest absolute Gasteiger partial charge is 0.0882 e. The molecular formula is C38H52N2O4. The second kappa shape index (κ2) is 24.8. The Kier molecular flexibility index (Phi) is 20.7. The highest BCUT2D eigenvalue weighted by molar-refractivity contribution is 6.25. The number of aliphatic carboxylic acids is 2. The summed E-state index contributed by atoms with van der Waals surface area (Å²) in [5, 5.41) is 17.9. The van der Waals surface area contributed by atoms with Crippen molar-refractivity contribution in [2.75, 3.05) is 39.3 Å². The van der Waals surface area contributed by atoms with Gasteiger partial charge in [0.15, 0.2) is 0 Å². The highest BCUT2D eigenvalue weighted by Crippen LogP contribution is 2.04.